The maximum Gasteiger partial charge on any atom is 0.490 e. The molecule has 3 atom stereocenters. The van der Waals surface area contributed by atoms with Crippen LogP contribution in [0.3, 0.4) is 0 Å². The molecule has 6 nitrogen and oxygen atoms in total. The summed E-state index contributed by atoms with van der Waals surface area (Å²) in [6, 6.07) is 8.93. The van der Waals surface area contributed by atoms with Gasteiger partial charge in [0.25, 0.3) is 0 Å². The van der Waals surface area contributed by atoms with Gasteiger partial charge in [0, 0.05) is 25.7 Å². The van der Waals surface area contributed by atoms with E-state index in [9.17, 15) is 13.2 Å². The number of alkyl halides is 3. The zero-order chi connectivity index (χ0) is 21.7. The number of nitrogens with zero attached hydrogens (tertiary/aromatic N) is 1. The Bertz CT molecular complexity index is 693. The smallest absolute Gasteiger partial charge is 0.490 e. The summed E-state index contributed by atoms with van der Waals surface area (Å²) in [5.74, 6) is -1.01. The van der Waals surface area contributed by atoms with Crippen molar-refractivity contribution in [1.29, 1.82) is 0 Å². The molecule has 0 unspecified atom stereocenters. The van der Waals surface area contributed by atoms with Crippen molar-refractivity contribution in [2.45, 2.75) is 56.7 Å². The van der Waals surface area contributed by atoms with E-state index in [2.05, 4.69) is 17.0 Å². The molecule has 0 spiro atoms. The van der Waals surface area contributed by atoms with Crippen LogP contribution in [0.25, 0.3) is 0 Å². The van der Waals surface area contributed by atoms with E-state index in [0.29, 0.717) is 12.1 Å². The summed E-state index contributed by atoms with van der Waals surface area (Å²) in [6.45, 7) is 3.77. The van der Waals surface area contributed by atoms with Crippen molar-refractivity contribution < 1.29 is 37.3 Å². The third-order valence-electron chi connectivity index (χ3n) is 5.68. The first-order valence-corrected chi connectivity index (χ1v) is 10.2. The van der Waals surface area contributed by atoms with Gasteiger partial charge in [-0.15, -0.1) is 0 Å². The highest BCUT2D eigenvalue weighted by Crippen LogP contribution is 2.35. The highest BCUT2D eigenvalue weighted by atomic mass is 19.4. The number of carboxylic acid groups (broad SMARTS) is 1. The molecule has 3 fully saturated rings. The fraction of sp³-hybridized carbons (Fsp3) is 0.667. The molecule has 0 amide bonds. The van der Waals surface area contributed by atoms with Crippen LogP contribution in [0.4, 0.5) is 13.2 Å². The lowest BCUT2D eigenvalue weighted by Gasteiger charge is -2.39. The minimum atomic E-state index is -5.08. The first-order chi connectivity index (χ1) is 14.3. The number of aliphatic carboxylic acids is 1. The minimum absolute atomic E-state index is 0.265. The molecule has 1 N–H and O–H groups in total. The van der Waals surface area contributed by atoms with Crippen LogP contribution < -0.4 is 4.74 Å². The van der Waals surface area contributed by atoms with Gasteiger partial charge in [-0.25, -0.2) is 4.79 Å². The molecule has 3 aliphatic rings. The van der Waals surface area contributed by atoms with Gasteiger partial charge in [-0.1, -0.05) is 12.1 Å². The van der Waals surface area contributed by atoms with E-state index in [1.807, 2.05) is 12.1 Å². The molecule has 4 rings (SSSR count). The SMILES string of the molecule is COc1ccc(CN2CCO[C@H]3[C@@H](OCC4CC4)CC[C@@H]32)cc1.O=C(O)C(F)(F)F. The number of rotatable bonds is 6. The molecule has 168 valence electrons. The van der Waals surface area contributed by atoms with E-state index >= 15 is 0 Å². The van der Waals surface area contributed by atoms with Crippen LogP contribution in [0.2, 0.25) is 0 Å². The number of benzene rings is 1. The topological polar surface area (TPSA) is 68.2 Å². The van der Waals surface area contributed by atoms with Gasteiger partial charge < -0.3 is 19.3 Å². The molecule has 1 aromatic rings. The van der Waals surface area contributed by atoms with Crippen molar-refractivity contribution in [2.75, 3.05) is 26.9 Å². The van der Waals surface area contributed by atoms with Crippen molar-refractivity contribution in [2.24, 2.45) is 5.92 Å². The molecule has 1 aromatic carbocycles. The van der Waals surface area contributed by atoms with Gasteiger partial charge in [-0.05, 0) is 49.3 Å². The summed E-state index contributed by atoms with van der Waals surface area (Å²) in [7, 11) is 1.71. The van der Waals surface area contributed by atoms with Gasteiger partial charge in [0.05, 0.1) is 25.9 Å². The van der Waals surface area contributed by atoms with Gasteiger partial charge >= 0.3 is 12.1 Å². The Morgan fingerprint density at radius 3 is 2.43 bits per heavy atom. The average Bonchev–Trinajstić information content (AvgIpc) is 3.45. The molecule has 0 bridgehead atoms. The maximum atomic E-state index is 10.6. The van der Waals surface area contributed by atoms with E-state index in [-0.39, 0.29) is 6.10 Å². The van der Waals surface area contributed by atoms with Crippen molar-refractivity contribution >= 4 is 5.97 Å². The van der Waals surface area contributed by atoms with Gasteiger partial charge in [0.1, 0.15) is 5.75 Å². The predicted octanol–water partition coefficient (Wildman–Crippen LogP) is 3.49. The normalized spacial score (nSPS) is 26.5. The van der Waals surface area contributed by atoms with Gasteiger partial charge in [-0.3, -0.25) is 4.90 Å². The lowest BCUT2D eigenvalue weighted by atomic mass is 10.1. The summed E-state index contributed by atoms with van der Waals surface area (Å²) in [5, 5.41) is 7.12. The van der Waals surface area contributed by atoms with Crippen LogP contribution in [0, 0.1) is 5.92 Å². The second-order valence-corrected chi connectivity index (χ2v) is 7.92. The van der Waals surface area contributed by atoms with Crippen molar-refractivity contribution in [3.63, 3.8) is 0 Å². The molecule has 9 heteroatoms. The van der Waals surface area contributed by atoms with Gasteiger partial charge in [0.2, 0.25) is 0 Å². The summed E-state index contributed by atoms with van der Waals surface area (Å²) >= 11 is 0. The Labute approximate surface area is 173 Å². The molecule has 1 heterocycles. The second-order valence-electron chi connectivity index (χ2n) is 7.92. The lowest BCUT2D eigenvalue weighted by Crippen LogP contribution is -2.51. The van der Waals surface area contributed by atoms with E-state index in [0.717, 1.165) is 44.4 Å². The standard InChI is InChI=1S/C19H27NO3.C2HF3O2/c1-21-16-6-4-14(5-7-16)12-20-10-11-22-19-17(20)8-9-18(19)23-13-15-2-3-15;3-2(4,5)1(6)7/h4-7,15,17-19H,2-3,8-13H2,1H3;(H,6,7)/t17-,18-,19+;/m0./s1. The third-order valence-corrected chi connectivity index (χ3v) is 5.68. The number of carboxylic acids is 1. The summed E-state index contributed by atoms with van der Waals surface area (Å²) < 4.78 is 49.2. The van der Waals surface area contributed by atoms with Crippen LogP contribution in [0.1, 0.15) is 31.2 Å². The Hall–Kier alpha value is -1.84. The largest absolute Gasteiger partial charge is 0.497 e. The zero-order valence-corrected chi connectivity index (χ0v) is 16.9. The fourth-order valence-corrected chi connectivity index (χ4v) is 3.88. The van der Waals surface area contributed by atoms with Crippen LogP contribution >= 0.6 is 0 Å². The maximum absolute atomic E-state index is 10.6. The molecule has 0 aromatic heterocycles. The molecule has 2 aliphatic carbocycles. The molecular weight excluding hydrogens is 403 g/mol. The van der Waals surface area contributed by atoms with Crippen molar-refractivity contribution in [3.8, 4) is 5.75 Å². The highest BCUT2D eigenvalue weighted by Gasteiger charge is 2.43. The van der Waals surface area contributed by atoms with Crippen molar-refractivity contribution in [3.05, 3.63) is 29.8 Å². The van der Waals surface area contributed by atoms with Gasteiger partial charge in [-0.2, -0.15) is 13.2 Å². The number of hydrogen-bond donors (Lipinski definition) is 1. The summed E-state index contributed by atoms with van der Waals surface area (Å²) in [4.78, 5) is 11.5. The fourth-order valence-electron chi connectivity index (χ4n) is 3.88. The van der Waals surface area contributed by atoms with E-state index in [4.69, 9.17) is 24.1 Å². The quantitative estimate of drug-likeness (QED) is 0.744. The van der Waals surface area contributed by atoms with E-state index in [1.54, 1.807) is 7.11 Å². The Morgan fingerprint density at radius 1 is 1.20 bits per heavy atom. The molecule has 0 radical (unpaired) electrons. The Balaban J connectivity index is 0.000000318. The second kappa shape index (κ2) is 9.98. The number of halogens is 3. The third kappa shape index (κ3) is 6.33. The monoisotopic (exact) mass is 431 g/mol. The number of hydrogen-bond acceptors (Lipinski definition) is 5. The average molecular weight is 431 g/mol. The van der Waals surface area contributed by atoms with Gasteiger partial charge in [0.15, 0.2) is 0 Å². The van der Waals surface area contributed by atoms with Crippen molar-refractivity contribution in [1.82, 2.24) is 4.90 Å². The summed E-state index contributed by atoms with van der Waals surface area (Å²) in [5.41, 5.74) is 1.34. The predicted molar refractivity (Wildman–Crippen MR) is 102 cm³/mol. The molecular formula is C21H28F3NO5. The molecule has 1 saturated heterocycles. The Kier molecular flexibility index (Phi) is 7.60. The van der Waals surface area contributed by atoms with Crippen LogP contribution in [-0.4, -0.2) is 67.3 Å². The van der Waals surface area contributed by atoms with Crippen LogP contribution in [-0.2, 0) is 20.8 Å². The van der Waals surface area contributed by atoms with Crippen LogP contribution in [0.15, 0.2) is 24.3 Å². The number of morpholine rings is 1. The van der Waals surface area contributed by atoms with Crippen LogP contribution in [0.5, 0.6) is 5.75 Å². The molecule has 30 heavy (non-hydrogen) atoms. The first-order valence-electron chi connectivity index (χ1n) is 10.2. The number of methoxy groups -OCH3 is 1. The highest BCUT2D eigenvalue weighted by molar-refractivity contribution is 5.73. The molecule has 2 saturated carbocycles. The number of carbonyl (C=O) groups is 1. The number of fused-ring (bicyclic) bond motifs is 1. The van der Waals surface area contributed by atoms with E-state index < -0.39 is 12.1 Å². The van der Waals surface area contributed by atoms with E-state index in [1.165, 1.54) is 24.8 Å². The minimum Gasteiger partial charge on any atom is -0.497 e. The number of ether oxygens (including phenoxy) is 3. The molecule has 1 aliphatic heterocycles. The lowest BCUT2D eigenvalue weighted by molar-refractivity contribution is -0.192. The summed E-state index contributed by atoms with van der Waals surface area (Å²) in [6.07, 6.45) is 0.522. The first kappa shape index (κ1) is 22.8. The Morgan fingerprint density at radius 2 is 1.87 bits per heavy atom. The zero-order valence-electron chi connectivity index (χ0n) is 16.9.